The van der Waals surface area contributed by atoms with Gasteiger partial charge in [0.25, 0.3) is 0 Å². The predicted molar refractivity (Wildman–Crippen MR) is 71.3 cm³/mol. The van der Waals surface area contributed by atoms with Crippen LogP contribution in [-0.4, -0.2) is 20.3 Å². The second-order valence-corrected chi connectivity index (χ2v) is 5.52. The van der Waals surface area contributed by atoms with Gasteiger partial charge in [-0.05, 0) is 42.9 Å². The van der Waals surface area contributed by atoms with Gasteiger partial charge in [-0.3, -0.25) is 0 Å². The Hall–Kier alpha value is -0.640. The molecule has 2 nitrogen and oxygen atoms in total. The summed E-state index contributed by atoms with van der Waals surface area (Å²) in [5.41, 5.74) is 1.01. The van der Waals surface area contributed by atoms with Gasteiger partial charge in [-0.1, -0.05) is 11.6 Å². The molecule has 0 atom stereocenters. The molecule has 1 saturated carbocycles. The molecule has 0 amide bonds. The van der Waals surface area contributed by atoms with Crippen LogP contribution in [0, 0.1) is 11.2 Å². The molecule has 1 aromatic rings. The van der Waals surface area contributed by atoms with Gasteiger partial charge in [0.1, 0.15) is 5.82 Å². The fourth-order valence-corrected chi connectivity index (χ4v) is 2.35. The van der Waals surface area contributed by atoms with Crippen molar-refractivity contribution in [3.63, 3.8) is 0 Å². The van der Waals surface area contributed by atoms with Gasteiger partial charge in [0, 0.05) is 37.4 Å². The molecule has 1 fully saturated rings. The zero-order valence-corrected chi connectivity index (χ0v) is 11.4. The summed E-state index contributed by atoms with van der Waals surface area (Å²) in [6, 6.07) is 4.66. The molecule has 0 heterocycles. The maximum absolute atomic E-state index is 13.5. The molecule has 1 N–H and O–H groups in total. The molecule has 2 rings (SSSR count). The zero-order chi connectivity index (χ0) is 13.0. The van der Waals surface area contributed by atoms with Crippen LogP contribution in [0.15, 0.2) is 18.2 Å². The summed E-state index contributed by atoms with van der Waals surface area (Å²) in [5, 5.41) is 3.90. The number of halogens is 2. The molecule has 0 unspecified atom stereocenters. The van der Waals surface area contributed by atoms with E-state index >= 15 is 0 Å². The summed E-state index contributed by atoms with van der Waals surface area (Å²) in [4.78, 5) is 0. The number of hydrogen-bond donors (Lipinski definition) is 1. The minimum Gasteiger partial charge on any atom is -0.385 e. The second-order valence-electron chi connectivity index (χ2n) is 5.08. The lowest BCUT2D eigenvalue weighted by molar-refractivity contribution is 0.171. The van der Waals surface area contributed by atoms with Crippen LogP contribution in [0.1, 0.15) is 24.8 Å². The maximum Gasteiger partial charge on any atom is 0.127 e. The molecule has 4 heteroatoms. The van der Waals surface area contributed by atoms with Crippen molar-refractivity contribution in [2.45, 2.75) is 25.8 Å². The van der Waals surface area contributed by atoms with Crippen LogP contribution in [0.25, 0.3) is 0 Å². The largest absolute Gasteiger partial charge is 0.385 e. The van der Waals surface area contributed by atoms with Gasteiger partial charge in [-0.15, -0.1) is 0 Å². The Bertz CT molecular complexity index is 407. The molecule has 0 spiro atoms. The first-order chi connectivity index (χ1) is 8.65. The van der Waals surface area contributed by atoms with Crippen LogP contribution >= 0.6 is 11.6 Å². The lowest BCUT2D eigenvalue weighted by Gasteiger charge is -2.15. The van der Waals surface area contributed by atoms with Gasteiger partial charge in [0.05, 0.1) is 0 Å². The molecule has 1 aliphatic carbocycles. The zero-order valence-electron chi connectivity index (χ0n) is 10.6. The monoisotopic (exact) mass is 271 g/mol. The summed E-state index contributed by atoms with van der Waals surface area (Å²) < 4.78 is 18.6. The average Bonchev–Trinajstić information content (AvgIpc) is 3.12. The lowest BCUT2D eigenvalue weighted by Crippen LogP contribution is -2.25. The van der Waals surface area contributed by atoms with Crippen LogP contribution < -0.4 is 5.32 Å². The van der Waals surface area contributed by atoms with E-state index in [1.165, 1.54) is 18.9 Å². The third-order valence-electron chi connectivity index (χ3n) is 3.62. The average molecular weight is 272 g/mol. The molecule has 0 saturated heterocycles. The normalized spacial score (nSPS) is 16.8. The highest BCUT2D eigenvalue weighted by molar-refractivity contribution is 6.30. The first-order valence-electron chi connectivity index (χ1n) is 6.29. The summed E-state index contributed by atoms with van der Waals surface area (Å²) in [6.07, 6.45) is 3.55. The van der Waals surface area contributed by atoms with E-state index in [1.807, 2.05) is 0 Å². The van der Waals surface area contributed by atoms with Crippen molar-refractivity contribution >= 4 is 11.6 Å². The van der Waals surface area contributed by atoms with Crippen molar-refractivity contribution in [1.82, 2.24) is 5.32 Å². The Morgan fingerprint density at radius 2 is 2.22 bits per heavy atom. The van der Waals surface area contributed by atoms with Crippen LogP contribution in [0.3, 0.4) is 0 Å². The minimum atomic E-state index is -0.200. The maximum atomic E-state index is 13.5. The molecule has 0 radical (unpaired) electrons. The minimum absolute atomic E-state index is 0.200. The Balaban J connectivity index is 1.80. The van der Waals surface area contributed by atoms with Gasteiger partial charge >= 0.3 is 0 Å². The van der Waals surface area contributed by atoms with E-state index in [0.29, 0.717) is 22.5 Å². The predicted octanol–water partition coefficient (Wildman–Crippen LogP) is 3.39. The van der Waals surface area contributed by atoms with Gasteiger partial charge in [-0.25, -0.2) is 4.39 Å². The van der Waals surface area contributed by atoms with Crippen LogP contribution in [0.4, 0.5) is 4.39 Å². The highest BCUT2D eigenvalue weighted by Crippen LogP contribution is 2.48. The van der Waals surface area contributed by atoms with Crippen LogP contribution in [0.5, 0.6) is 0 Å². The molecule has 1 aliphatic rings. The van der Waals surface area contributed by atoms with E-state index in [9.17, 15) is 4.39 Å². The highest BCUT2D eigenvalue weighted by Gasteiger charge is 2.41. The first-order valence-corrected chi connectivity index (χ1v) is 6.67. The van der Waals surface area contributed by atoms with Gasteiger partial charge in [0.2, 0.25) is 0 Å². The van der Waals surface area contributed by atoms with Crippen molar-refractivity contribution < 1.29 is 9.13 Å². The molecular formula is C14H19ClFNO. The standard InChI is InChI=1S/C14H19ClFNO/c1-18-7-6-14(4-5-14)10-17-9-11-8-12(15)2-3-13(11)16/h2-3,8,17H,4-7,9-10H2,1H3. The van der Waals surface area contributed by atoms with Gasteiger partial charge in [0.15, 0.2) is 0 Å². The summed E-state index contributed by atoms with van der Waals surface area (Å²) in [7, 11) is 1.73. The number of benzene rings is 1. The van der Waals surface area contributed by atoms with E-state index in [-0.39, 0.29) is 5.82 Å². The molecular weight excluding hydrogens is 253 g/mol. The summed E-state index contributed by atoms with van der Waals surface area (Å²) in [5.74, 6) is -0.200. The Labute approximate surface area is 112 Å². The number of methoxy groups -OCH3 is 1. The Morgan fingerprint density at radius 1 is 1.44 bits per heavy atom. The number of rotatable bonds is 7. The highest BCUT2D eigenvalue weighted by atomic mass is 35.5. The molecule has 18 heavy (non-hydrogen) atoms. The molecule has 0 bridgehead atoms. The van der Waals surface area contributed by atoms with Crippen LogP contribution in [0.2, 0.25) is 5.02 Å². The van der Waals surface area contributed by atoms with E-state index < -0.39 is 0 Å². The Morgan fingerprint density at radius 3 is 2.89 bits per heavy atom. The number of hydrogen-bond acceptors (Lipinski definition) is 2. The summed E-state index contributed by atoms with van der Waals surface area (Å²) >= 11 is 5.86. The van der Waals surface area contributed by atoms with E-state index in [0.717, 1.165) is 19.6 Å². The SMILES string of the molecule is COCCC1(CNCc2cc(Cl)ccc2F)CC1. The van der Waals surface area contributed by atoms with Gasteiger partial charge in [-0.2, -0.15) is 0 Å². The quantitative estimate of drug-likeness (QED) is 0.821. The van der Waals surface area contributed by atoms with Crippen molar-refractivity contribution in [2.24, 2.45) is 5.41 Å². The van der Waals surface area contributed by atoms with Crippen molar-refractivity contribution in [3.05, 3.63) is 34.6 Å². The van der Waals surface area contributed by atoms with Crippen LogP contribution in [-0.2, 0) is 11.3 Å². The fourth-order valence-electron chi connectivity index (χ4n) is 2.15. The van der Waals surface area contributed by atoms with Crippen molar-refractivity contribution in [1.29, 1.82) is 0 Å². The molecule has 100 valence electrons. The molecule has 0 aliphatic heterocycles. The third-order valence-corrected chi connectivity index (χ3v) is 3.85. The Kier molecular flexibility index (Phi) is 4.60. The van der Waals surface area contributed by atoms with Gasteiger partial charge < -0.3 is 10.1 Å². The van der Waals surface area contributed by atoms with Crippen molar-refractivity contribution in [3.8, 4) is 0 Å². The molecule has 1 aromatic carbocycles. The third kappa shape index (κ3) is 3.67. The number of nitrogens with one attached hydrogen (secondary N) is 1. The summed E-state index contributed by atoms with van der Waals surface area (Å²) in [6.45, 7) is 2.25. The van der Waals surface area contributed by atoms with E-state index in [2.05, 4.69) is 5.32 Å². The lowest BCUT2D eigenvalue weighted by atomic mass is 10.0. The topological polar surface area (TPSA) is 21.3 Å². The van der Waals surface area contributed by atoms with Crippen molar-refractivity contribution in [2.75, 3.05) is 20.3 Å². The second kappa shape index (κ2) is 6.00. The smallest absolute Gasteiger partial charge is 0.127 e. The van der Waals surface area contributed by atoms with E-state index in [1.54, 1.807) is 19.2 Å². The fraction of sp³-hybridized carbons (Fsp3) is 0.571. The number of ether oxygens (including phenoxy) is 1. The first kappa shape index (κ1) is 13.8. The van der Waals surface area contributed by atoms with E-state index in [4.69, 9.17) is 16.3 Å². The molecule has 0 aromatic heterocycles.